The highest BCUT2D eigenvalue weighted by Crippen LogP contribution is 2.30. The smallest absolute Gasteiger partial charge is 0.159 e. The summed E-state index contributed by atoms with van der Waals surface area (Å²) < 4.78 is 23.3. The molecule has 2 fully saturated rings. The maximum absolute atomic E-state index is 11.3. The van der Waals surface area contributed by atoms with Crippen molar-refractivity contribution in [3.8, 4) is 23.0 Å². The van der Waals surface area contributed by atoms with Crippen LogP contribution in [0.4, 0.5) is 0 Å². The average Bonchev–Trinajstić information content (AvgIpc) is 3.18. The van der Waals surface area contributed by atoms with E-state index in [-0.39, 0.29) is 35.2 Å². The first-order chi connectivity index (χ1) is 26.3. The number of hydrogen-bond acceptors (Lipinski definition) is 8. The Bertz CT molecular complexity index is 1750. The molecule has 0 unspecified atom stereocenters. The molecule has 2 aliphatic heterocycles. The topological polar surface area (TPSA) is 86.3 Å². The highest BCUT2D eigenvalue weighted by molar-refractivity contribution is 9.09. The van der Waals surface area contributed by atoms with Gasteiger partial charge in [0.1, 0.15) is 40.8 Å². The van der Waals surface area contributed by atoms with Crippen molar-refractivity contribution in [3.63, 3.8) is 0 Å². The number of benzene rings is 4. The van der Waals surface area contributed by atoms with E-state index in [4.69, 9.17) is 42.1 Å². The van der Waals surface area contributed by atoms with Gasteiger partial charge in [0.05, 0.1) is 6.61 Å². The molecular formula is C44H54BrCl3N2O6. The van der Waals surface area contributed by atoms with Gasteiger partial charge in [0.25, 0.3) is 0 Å². The fourth-order valence-corrected chi connectivity index (χ4v) is 6.42. The molecule has 0 aliphatic carbocycles. The van der Waals surface area contributed by atoms with Crippen LogP contribution in [0.15, 0.2) is 97.1 Å². The molecule has 304 valence electrons. The molecule has 2 heterocycles. The van der Waals surface area contributed by atoms with Gasteiger partial charge in [-0.3, -0.25) is 14.5 Å². The number of rotatable bonds is 13. The number of Topliss-reactive ketones (excluding diaryl/α,β-unsaturated/α-hetero) is 2. The van der Waals surface area contributed by atoms with Crippen LogP contribution in [0.1, 0.15) is 74.1 Å². The third kappa shape index (κ3) is 16.7. The molecule has 0 amide bonds. The molecule has 4 aromatic carbocycles. The van der Waals surface area contributed by atoms with E-state index in [2.05, 4.69) is 40.0 Å². The quantitative estimate of drug-likeness (QED) is 0.105. The molecule has 0 bridgehead atoms. The zero-order valence-corrected chi connectivity index (χ0v) is 36.6. The van der Waals surface area contributed by atoms with E-state index in [1.807, 2.05) is 60.7 Å². The van der Waals surface area contributed by atoms with Crippen LogP contribution in [-0.2, 0) is 0 Å². The van der Waals surface area contributed by atoms with Gasteiger partial charge < -0.3 is 24.3 Å². The van der Waals surface area contributed by atoms with Crippen molar-refractivity contribution in [2.45, 2.75) is 64.6 Å². The second-order valence-corrected chi connectivity index (χ2v) is 15.8. The predicted octanol–water partition coefficient (Wildman–Crippen LogP) is 10.8. The number of carbonyl (C=O) groups excluding carboxylic acids is 2. The van der Waals surface area contributed by atoms with Crippen LogP contribution in [0, 0.1) is 0 Å². The lowest BCUT2D eigenvalue weighted by atomic mass is 9.93. The fourth-order valence-electron chi connectivity index (χ4n) is 6.00. The van der Waals surface area contributed by atoms with Crippen LogP contribution in [0.5, 0.6) is 23.0 Å². The summed E-state index contributed by atoms with van der Waals surface area (Å²) in [5.41, 5.74) is 1.25. The van der Waals surface area contributed by atoms with Gasteiger partial charge >= 0.3 is 0 Å². The zero-order valence-electron chi connectivity index (χ0n) is 32.7. The van der Waals surface area contributed by atoms with Gasteiger partial charge in [0, 0.05) is 46.1 Å². The van der Waals surface area contributed by atoms with Crippen molar-refractivity contribution in [1.82, 2.24) is 10.2 Å². The molecule has 8 nitrogen and oxygen atoms in total. The van der Waals surface area contributed by atoms with Crippen LogP contribution in [-0.4, -0.2) is 78.9 Å². The van der Waals surface area contributed by atoms with E-state index < -0.39 is 0 Å². The molecule has 6 rings (SSSR count). The number of carbonyl (C=O) groups is 2. The van der Waals surface area contributed by atoms with Crippen molar-refractivity contribution in [2.75, 3.05) is 51.3 Å². The molecule has 4 aromatic rings. The summed E-state index contributed by atoms with van der Waals surface area (Å²) in [6, 6.07) is 29.6. The van der Waals surface area contributed by atoms with E-state index in [0.717, 1.165) is 96.8 Å². The summed E-state index contributed by atoms with van der Waals surface area (Å²) in [4.78, 5) is 24.6. The van der Waals surface area contributed by atoms with Crippen LogP contribution in [0.25, 0.3) is 0 Å². The number of likely N-dealkylation sites (tertiary alicyclic amines) is 1. The van der Waals surface area contributed by atoms with Gasteiger partial charge in [-0.05, 0) is 164 Å². The Hall–Kier alpha value is -3.31. The van der Waals surface area contributed by atoms with Crippen LogP contribution in [0.3, 0.4) is 0 Å². The number of alkyl halides is 1. The number of ketones is 2. The lowest BCUT2D eigenvalue weighted by Gasteiger charge is -2.39. The van der Waals surface area contributed by atoms with E-state index in [9.17, 15) is 9.59 Å². The number of nitrogens with one attached hydrogen (secondary N) is 1. The van der Waals surface area contributed by atoms with Gasteiger partial charge in [-0.2, -0.15) is 0 Å². The summed E-state index contributed by atoms with van der Waals surface area (Å²) in [6.07, 6.45) is 4.05. The molecule has 2 aliphatic rings. The van der Waals surface area contributed by atoms with Crippen molar-refractivity contribution in [3.05, 3.63) is 118 Å². The Morgan fingerprint density at radius 1 is 0.625 bits per heavy atom. The Kier molecular flexibility index (Phi) is 20.0. The standard InChI is InChI=1S/C22H26ClNO3.C12H16ClNO.C10H11BrO2.ClH/c1-17(25)18-3-7-20(8-4-18)26-16-15-24-13-11-22(2,12-14-24)27-21-9-5-19(23)6-10-21;1-12(6-8-14-9-7-12)15-11-4-2-10(13)3-5-11;1-8(12)9-2-4-10(5-3-9)13-7-6-11;/h3-10H,11-16H2,1-2H3;2-5,14H,6-9H2,1H3;2-5H,6-7H2,1H3;1H. The zero-order chi connectivity index (χ0) is 39.7. The minimum atomic E-state index is -0.145. The number of halogens is 4. The first kappa shape index (κ1) is 47.1. The summed E-state index contributed by atoms with van der Waals surface area (Å²) in [7, 11) is 0. The second-order valence-electron chi connectivity index (χ2n) is 14.2. The monoisotopic (exact) mass is 890 g/mol. The minimum absolute atomic E-state index is 0. The Labute approximate surface area is 357 Å². The van der Waals surface area contributed by atoms with Crippen molar-refractivity contribution in [1.29, 1.82) is 0 Å². The van der Waals surface area contributed by atoms with Gasteiger partial charge in [-0.15, -0.1) is 12.4 Å². The first-order valence-corrected chi connectivity index (χ1v) is 20.6. The summed E-state index contributed by atoms with van der Waals surface area (Å²) >= 11 is 15.0. The molecule has 0 saturated carbocycles. The maximum atomic E-state index is 11.3. The molecule has 56 heavy (non-hydrogen) atoms. The molecule has 0 spiro atoms. The maximum Gasteiger partial charge on any atom is 0.159 e. The third-order valence-electron chi connectivity index (χ3n) is 9.47. The number of piperidine rings is 2. The lowest BCUT2D eigenvalue weighted by Crippen LogP contribution is -2.47. The third-order valence-corrected chi connectivity index (χ3v) is 10.3. The van der Waals surface area contributed by atoms with E-state index in [1.165, 1.54) is 0 Å². The van der Waals surface area contributed by atoms with Crippen LogP contribution in [0.2, 0.25) is 10.0 Å². The van der Waals surface area contributed by atoms with E-state index in [1.54, 1.807) is 50.2 Å². The van der Waals surface area contributed by atoms with Crippen LogP contribution >= 0.6 is 51.5 Å². The predicted molar refractivity (Wildman–Crippen MR) is 234 cm³/mol. The Morgan fingerprint density at radius 2 is 1.00 bits per heavy atom. The number of hydrogen-bond donors (Lipinski definition) is 1. The molecule has 1 N–H and O–H groups in total. The molecular weight excluding hydrogens is 839 g/mol. The first-order valence-electron chi connectivity index (χ1n) is 18.7. The van der Waals surface area contributed by atoms with E-state index in [0.29, 0.717) is 24.3 Å². The van der Waals surface area contributed by atoms with E-state index >= 15 is 0 Å². The van der Waals surface area contributed by atoms with Gasteiger partial charge in [0.2, 0.25) is 0 Å². The summed E-state index contributed by atoms with van der Waals surface area (Å²) in [6.45, 7) is 13.6. The van der Waals surface area contributed by atoms with Gasteiger partial charge in [0.15, 0.2) is 11.6 Å². The highest BCUT2D eigenvalue weighted by Gasteiger charge is 2.32. The Balaban J connectivity index is 0.000000245. The minimum Gasteiger partial charge on any atom is -0.493 e. The van der Waals surface area contributed by atoms with Gasteiger partial charge in [-0.1, -0.05) is 39.1 Å². The number of nitrogens with zero attached hydrogens (tertiary/aromatic N) is 1. The largest absolute Gasteiger partial charge is 0.493 e. The van der Waals surface area contributed by atoms with Gasteiger partial charge in [-0.25, -0.2) is 0 Å². The molecule has 0 radical (unpaired) electrons. The molecule has 12 heteroatoms. The SMILES string of the molecule is CC(=O)c1ccc(OCCBr)cc1.CC(=O)c1ccc(OCCN2CCC(C)(Oc3ccc(Cl)cc3)CC2)cc1.CC1(Oc2ccc(Cl)cc2)CCNCC1.Cl. The molecule has 2 saturated heterocycles. The fraction of sp³-hybridized carbons (Fsp3) is 0.409. The second kappa shape index (κ2) is 23.8. The summed E-state index contributed by atoms with van der Waals surface area (Å²) in [5, 5.41) is 5.61. The number of ether oxygens (including phenoxy) is 4. The van der Waals surface area contributed by atoms with Crippen molar-refractivity contribution < 1.29 is 28.5 Å². The normalized spacial score (nSPS) is 15.6. The average molecular weight is 893 g/mol. The van der Waals surface area contributed by atoms with Crippen molar-refractivity contribution >= 4 is 63.1 Å². The van der Waals surface area contributed by atoms with Crippen LogP contribution < -0.4 is 24.3 Å². The van der Waals surface area contributed by atoms with Crippen molar-refractivity contribution in [2.24, 2.45) is 0 Å². The summed E-state index contributed by atoms with van der Waals surface area (Å²) in [5.74, 6) is 3.51. The molecule has 0 aromatic heterocycles. The Morgan fingerprint density at radius 3 is 1.39 bits per heavy atom. The highest BCUT2D eigenvalue weighted by atomic mass is 79.9. The molecule has 0 atom stereocenters. The lowest BCUT2D eigenvalue weighted by molar-refractivity contribution is 0.0135.